The van der Waals surface area contributed by atoms with Crippen molar-refractivity contribution in [1.29, 1.82) is 0 Å². The van der Waals surface area contributed by atoms with E-state index in [0.717, 1.165) is 12.8 Å². The van der Waals surface area contributed by atoms with Gasteiger partial charge in [0.25, 0.3) is 0 Å². The van der Waals surface area contributed by atoms with E-state index in [0.29, 0.717) is 41.5 Å². The molecule has 2 heterocycles. The van der Waals surface area contributed by atoms with Crippen LogP contribution in [0, 0.1) is 0 Å². The Morgan fingerprint density at radius 3 is 2.82 bits per heavy atom. The van der Waals surface area contributed by atoms with Crippen molar-refractivity contribution in [3.05, 3.63) is 35.0 Å². The summed E-state index contributed by atoms with van der Waals surface area (Å²) in [5, 5.41) is 5.43. The molecular weight excluding hydrogens is 364 g/mol. The molecule has 1 saturated heterocycles. The molecule has 1 fully saturated rings. The van der Waals surface area contributed by atoms with Crippen LogP contribution in [0.2, 0.25) is 0 Å². The summed E-state index contributed by atoms with van der Waals surface area (Å²) in [6, 6.07) is 4.27. The number of carbonyl (C=O) groups excluding carboxylic acids is 2. The monoisotopic (exact) mass is 390 g/mol. The summed E-state index contributed by atoms with van der Waals surface area (Å²) < 4.78 is 21.9. The molecular formula is C20H26N2O6. The van der Waals surface area contributed by atoms with E-state index in [1.807, 2.05) is 6.92 Å². The van der Waals surface area contributed by atoms with Gasteiger partial charge in [0.1, 0.15) is 6.61 Å². The molecule has 28 heavy (non-hydrogen) atoms. The van der Waals surface area contributed by atoms with E-state index in [9.17, 15) is 9.59 Å². The number of carbonyl (C=O) groups is 2. The molecule has 0 aliphatic carbocycles. The Morgan fingerprint density at radius 2 is 2.14 bits per heavy atom. The lowest BCUT2D eigenvalue weighted by Gasteiger charge is -2.28. The first kappa shape index (κ1) is 20.0. The van der Waals surface area contributed by atoms with E-state index in [1.165, 1.54) is 0 Å². The van der Waals surface area contributed by atoms with E-state index in [-0.39, 0.29) is 18.7 Å². The maximum atomic E-state index is 12.8. The average molecular weight is 390 g/mol. The fourth-order valence-corrected chi connectivity index (χ4v) is 3.38. The number of urea groups is 1. The van der Waals surface area contributed by atoms with Crippen molar-refractivity contribution in [2.45, 2.75) is 38.8 Å². The Hall–Kier alpha value is -2.74. The molecule has 2 unspecified atom stereocenters. The van der Waals surface area contributed by atoms with Crippen LogP contribution in [-0.4, -0.2) is 45.0 Å². The van der Waals surface area contributed by atoms with Crippen molar-refractivity contribution in [3.8, 4) is 11.5 Å². The molecule has 1 aromatic carbocycles. The van der Waals surface area contributed by atoms with Crippen LogP contribution in [0.1, 0.15) is 38.3 Å². The fraction of sp³-hybridized carbons (Fsp3) is 0.500. The highest BCUT2D eigenvalue weighted by Crippen LogP contribution is 2.34. The molecule has 0 saturated carbocycles. The van der Waals surface area contributed by atoms with E-state index < -0.39 is 12.0 Å². The second kappa shape index (κ2) is 8.97. The highest BCUT2D eigenvalue weighted by molar-refractivity contribution is 5.95. The molecule has 0 aromatic heterocycles. The third kappa shape index (κ3) is 4.39. The number of benzene rings is 1. The van der Waals surface area contributed by atoms with Gasteiger partial charge in [-0.25, -0.2) is 9.59 Å². The number of rotatable bonds is 7. The van der Waals surface area contributed by atoms with Crippen molar-refractivity contribution >= 4 is 12.0 Å². The van der Waals surface area contributed by atoms with E-state index in [2.05, 4.69) is 10.6 Å². The minimum Gasteiger partial charge on any atom is -0.493 e. The van der Waals surface area contributed by atoms with Crippen LogP contribution in [0.4, 0.5) is 4.79 Å². The lowest BCUT2D eigenvalue weighted by atomic mass is 9.95. The highest BCUT2D eigenvalue weighted by atomic mass is 16.6. The molecule has 8 heteroatoms. The molecule has 2 N–H and O–H groups in total. The summed E-state index contributed by atoms with van der Waals surface area (Å²) in [6.45, 7) is 4.95. The van der Waals surface area contributed by atoms with Gasteiger partial charge in [0.15, 0.2) is 11.5 Å². The molecule has 1 aromatic rings. The van der Waals surface area contributed by atoms with Crippen molar-refractivity contribution in [2.75, 3.05) is 26.9 Å². The Labute approximate surface area is 164 Å². The molecule has 2 atom stereocenters. The minimum atomic E-state index is -0.657. The van der Waals surface area contributed by atoms with Gasteiger partial charge in [-0.3, -0.25) is 0 Å². The fourth-order valence-electron chi connectivity index (χ4n) is 3.38. The number of methoxy groups -OCH3 is 1. The van der Waals surface area contributed by atoms with Gasteiger partial charge >= 0.3 is 12.0 Å². The standard InChI is InChI=1S/C20H26N2O6/c1-4-26-15-8-7-13(10-16(15)25-3)18-17(12(2)21-20(24)22-18)19(23)28-11-14-6-5-9-27-14/h7-8,10,14,18H,4-6,9,11H2,1-3H3,(H2,21,22,24). The van der Waals surface area contributed by atoms with Crippen LogP contribution >= 0.6 is 0 Å². The number of ether oxygens (including phenoxy) is 4. The Morgan fingerprint density at radius 1 is 1.32 bits per heavy atom. The smallest absolute Gasteiger partial charge is 0.338 e. The van der Waals surface area contributed by atoms with Crippen molar-refractivity contribution in [3.63, 3.8) is 0 Å². The summed E-state index contributed by atoms with van der Waals surface area (Å²) in [6.07, 6.45) is 1.77. The summed E-state index contributed by atoms with van der Waals surface area (Å²) in [5.74, 6) is 0.632. The summed E-state index contributed by atoms with van der Waals surface area (Å²) in [7, 11) is 1.54. The van der Waals surface area contributed by atoms with Crippen LogP contribution < -0.4 is 20.1 Å². The van der Waals surface area contributed by atoms with Gasteiger partial charge in [-0.1, -0.05) is 6.07 Å². The van der Waals surface area contributed by atoms with E-state index >= 15 is 0 Å². The van der Waals surface area contributed by atoms with Gasteiger partial charge in [-0.05, 0) is 44.4 Å². The lowest BCUT2D eigenvalue weighted by molar-refractivity contribution is -0.142. The molecule has 0 radical (unpaired) electrons. The number of hydrogen-bond donors (Lipinski definition) is 2. The van der Waals surface area contributed by atoms with Gasteiger partial charge < -0.3 is 29.6 Å². The topological polar surface area (TPSA) is 95.1 Å². The number of allylic oxidation sites excluding steroid dienone is 1. The summed E-state index contributed by atoms with van der Waals surface area (Å²) in [4.78, 5) is 24.8. The maximum Gasteiger partial charge on any atom is 0.338 e. The van der Waals surface area contributed by atoms with Crippen molar-refractivity contribution in [2.24, 2.45) is 0 Å². The van der Waals surface area contributed by atoms with Crippen molar-refractivity contribution < 1.29 is 28.5 Å². The number of nitrogens with one attached hydrogen (secondary N) is 2. The zero-order chi connectivity index (χ0) is 20.1. The van der Waals surface area contributed by atoms with Crippen LogP contribution in [0.25, 0.3) is 0 Å². The Bertz CT molecular complexity index is 770. The third-order valence-corrected chi connectivity index (χ3v) is 4.73. The molecule has 0 bridgehead atoms. The van der Waals surface area contributed by atoms with Crippen LogP contribution in [0.15, 0.2) is 29.5 Å². The van der Waals surface area contributed by atoms with Crippen molar-refractivity contribution in [1.82, 2.24) is 10.6 Å². The second-order valence-corrected chi connectivity index (χ2v) is 6.65. The molecule has 8 nitrogen and oxygen atoms in total. The molecule has 3 rings (SSSR count). The first-order valence-electron chi connectivity index (χ1n) is 9.41. The van der Waals surface area contributed by atoms with Gasteiger partial charge in [0, 0.05) is 12.3 Å². The zero-order valence-corrected chi connectivity index (χ0v) is 16.4. The SMILES string of the molecule is CCOc1ccc(C2NC(=O)NC(C)=C2C(=O)OCC2CCCO2)cc1OC. The predicted molar refractivity (Wildman–Crippen MR) is 101 cm³/mol. The molecule has 2 aliphatic heterocycles. The predicted octanol–water partition coefficient (Wildman–Crippen LogP) is 2.44. The van der Waals surface area contributed by atoms with Crippen LogP contribution in [0.3, 0.4) is 0 Å². The molecule has 152 valence electrons. The van der Waals surface area contributed by atoms with E-state index in [4.69, 9.17) is 18.9 Å². The first-order valence-corrected chi connectivity index (χ1v) is 9.41. The number of hydrogen-bond acceptors (Lipinski definition) is 6. The second-order valence-electron chi connectivity index (χ2n) is 6.65. The first-order chi connectivity index (χ1) is 13.5. The maximum absolute atomic E-state index is 12.8. The third-order valence-electron chi connectivity index (χ3n) is 4.73. The van der Waals surface area contributed by atoms with Gasteiger partial charge in [0.05, 0.1) is 31.4 Å². The summed E-state index contributed by atoms with van der Waals surface area (Å²) >= 11 is 0. The Kier molecular flexibility index (Phi) is 6.41. The zero-order valence-electron chi connectivity index (χ0n) is 16.4. The van der Waals surface area contributed by atoms with Crippen LogP contribution in [0.5, 0.6) is 11.5 Å². The number of amides is 2. The molecule has 2 aliphatic rings. The normalized spacial score (nSPS) is 21.8. The summed E-state index contributed by atoms with van der Waals surface area (Å²) in [5.41, 5.74) is 1.50. The highest BCUT2D eigenvalue weighted by Gasteiger charge is 2.33. The molecule has 2 amide bonds. The van der Waals surface area contributed by atoms with Gasteiger partial charge in [-0.15, -0.1) is 0 Å². The van der Waals surface area contributed by atoms with Gasteiger partial charge in [-0.2, -0.15) is 0 Å². The lowest BCUT2D eigenvalue weighted by Crippen LogP contribution is -2.45. The van der Waals surface area contributed by atoms with Gasteiger partial charge in [0.2, 0.25) is 0 Å². The van der Waals surface area contributed by atoms with Crippen LogP contribution in [-0.2, 0) is 14.3 Å². The van der Waals surface area contributed by atoms with E-state index in [1.54, 1.807) is 32.2 Å². The number of esters is 1. The minimum absolute atomic E-state index is 0.0694. The molecule has 0 spiro atoms. The average Bonchev–Trinajstić information content (AvgIpc) is 3.19. The Balaban J connectivity index is 1.85. The quantitative estimate of drug-likeness (QED) is 0.695. The largest absolute Gasteiger partial charge is 0.493 e.